The number of hydrogen-bond acceptors (Lipinski definition) is 4. The van der Waals surface area contributed by atoms with E-state index in [-0.39, 0.29) is 30.6 Å². The maximum absolute atomic E-state index is 12.1. The van der Waals surface area contributed by atoms with Gasteiger partial charge in [-0.05, 0) is 12.1 Å². The van der Waals surface area contributed by atoms with Gasteiger partial charge in [0.1, 0.15) is 17.7 Å². The van der Waals surface area contributed by atoms with Crippen LogP contribution >= 0.6 is 0 Å². The van der Waals surface area contributed by atoms with E-state index in [0.717, 1.165) is 0 Å². The molecule has 1 fully saturated rings. The molecule has 2 heterocycles. The molecular weight excluding hydrogens is 247 g/mol. The SMILES string of the molecule is N#Cc1cccnc1OC1CN(CC(F)(F)F)C1. The van der Waals surface area contributed by atoms with Crippen molar-refractivity contribution in [3.63, 3.8) is 0 Å². The molecule has 0 bridgehead atoms. The smallest absolute Gasteiger partial charge is 0.401 e. The van der Waals surface area contributed by atoms with Gasteiger partial charge in [0.05, 0.1) is 6.54 Å². The highest BCUT2D eigenvalue weighted by Crippen LogP contribution is 2.23. The van der Waals surface area contributed by atoms with E-state index >= 15 is 0 Å². The van der Waals surface area contributed by atoms with Crippen molar-refractivity contribution in [1.29, 1.82) is 5.26 Å². The molecule has 0 atom stereocenters. The Morgan fingerprint density at radius 2 is 2.22 bits per heavy atom. The summed E-state index contributed by atoms with van der Waals surface area (Å²) in [5.74, 6) is 0.177. The Kier molecular flexibility index (Phi) is 3.39. The predicted molar refractivity (Wildman–Crippen MR) is 55.9 cm³/mol. The molecule has 0 N–H and O–H groups in total. The van der Waals surface area contributed by atoms with Gasteiger partial charge < -0.3 is 4.74 Å². The molecule has 0 saturated carbocycles. The van der Waals surface area contributed by atoms with Crippen LogP contribution in [-0.2, 0) is 0 Å². The quantitative estimate of drug-likeness (QED) is 0.824. The second-order valence-corrected chi connectivity index (χ2v) is 4.02. The number of nitrogens with zero attached hydrogens (tertiary/aromatic N) is 3. The van der Waals surface area contributed by atoms with Gasteiger partial charge in [0, 0.05) is 19.3 Å². The second kappa shape index (κ2) is 4.82. The van der Waals surface area contributed by atoms with Crippen molar-refractivity contribution < 1.29 is 17.9 Å². The van der Waals surface area contributed by atoms with Crippen LogP contribution < -0.4 is 4.74 Å². The van der Waals surface area contributed by atoms with Crippen molar-refractivity contribution in [2.75, 3.05) is 19.6 Å². The molecule has 0 unspecified atom stereocenters. The largest absolute Gasteiger partial charge is 0.471 e. The zero-order valence-corrected chi connectivity index (χ0v) is 9.31. The summed E-state index contributed by atoms with van der Waals surface area (Å²) in [7, 11) is 0. The minimum absolute atomic E-state index is 0.177. The lowest BCUT2D eigenvalue weighted by Gasteiger charge is -2.38. The molecule has 18 heavy (non-hydrogen) atoms. The van der Waals surface area contributed by atoms with Gasteiger partial charge in [-0.3, -0.25) is 4.90 Å². The van der Waals surface area contributed by atoms with Gasteiger partial charge in [-0.1, -0.05) is 0 Å². The van der Waals surface area contributed by atoms with Crippen LogP contribution in [0.5, 0.6) is 5.88 Å². The molecule has 0 aliphatic carbocycles. The average molecular weight is 257 g/mol. The first-order valence-corrected chi connectivity index (χ1v) is 5.29. The number of hydrogen-bond donors (Lipinski definition) is 0. The molecule has 1 aromatic rings. The summed E-state index contributed by atoms with van der Waals surface area (Å²) in [6.07, 6.45) is -3.05. The fourth-order valence-electron chi connectivity index (χ4n) is 1.71. The van der Waals surface area contributed by atoms with E-state index < -0.39 is 12.7 Å². The number of nitriles is 1. The van der Waals surface area contributed by atoms with E-state index in [0.29, 0.717) is 0 Å². The van der Waals surface area contributed by atoms with E-state index in [2.05, 4.69) is 4.98 Å². The van der Waals surface area contributed by atoms with Crippen LogP contribution in [0.25, 0.3) is 0 Å². The number of aromatic nitrogens is 1. The summed E-state index contributed by atoms with van der Waals surface area (Å²) >= 11 is 0. The van der Waals surface area contributed by atoms with E-state index in [1.54, 1.807) is 12.1 Å². The fourth-order valence-corrected chi connectivity index (χ4v) is 1.71. The van der Waals surface area contributed by atoms with Crippen molar-refractivity contribution in [1.82, 2.24) is 9.88 Å². The van der Waals surface area contributed by atoms with E-state index in [9.17, 15) is 13.2 Å². The summed E-state index contributed by atoms with van der Waals surface area (Å²) in [4.78, 5) is 5.12. The van der Waals surface area contributed by atoms with Gasteiger partial charge in [-0.15, -0.1) is 0 Å². The molecule has 1 saturated heterocycles. The molecule has 1 aliphatic heterocycles. The Balaban J connectivity index is 1.86. The minimum Gasteiger partial charge on any atom is -0.471 e. The van der Waals surface area contributed by atoms with E-state index in [4.69, 9.17) is 10.00 Å². The number of halogens is 3. The molecular formula is C11H10F3N3O. The topological polar surface area (TPSA) is 49.1 Å². The van der Waals surface area contributed by atoms with Crippen LogP contribution in [0.4, 0.5) is 13.2 Å². The standard InChI is InChI=1S/C11H10F3N3O/c12-11(13,14)7-17-5-9(6-17)18-10-8(4-15)2-1-3-16-10/h1-3,9H,5-7H2. The van der Waals surface area contributed by atoms with Crippen LogP contribution in [-0.4, -0.2) is 41.8 Å². The van der Waals surface area contributed by atoms with Crippen molar-refractivity contribution in [2.45, 2.75) is 12.3 Å². The van der Waals surface area contributed by atoms with Gasteiger partial charge in [-0.2, -0.15) is 18.4 Å². The third kappa shape index (κ3) is 3.11. The average Bonchev–Trinajstić information content (AvgIpc) is 2.25. The van der Waals surface area contributed by atoms with Gasteiger partial charge in [-0.25, -0.2) is 4.98 Å². The molecule has 1 aliphatic rings. The molecule has 7 heteroatoms. The third-order valence-electron chi connectivity index (χ3n) is 2.50. The second-order valence-electron chi connectivity index (χ2n) is 4.02. The molecule has 4 nitrogen and oxygen atoms in total. The fraction of sp³-hybridized carbons (Fsp3) is 0.455. The summed E-state index contributed by atoms with van der Waals surface area (Å²) in [6.45, 7) is -0.540. The summed E-state index contributed by atoms with van der Waals surface area (Å²) < 4.78 is 41.6. The van der Waals surface area contributed by atoms with Crippen LogP contribution in [0.15, 0.2) is 18.3 Å². The number of ether oxygens (including phenoxy) is 1. The molecule has 96 valence electrons. The Morgan fingerprint density at radius 1 is 1.50 bits per heavy atom. The highest BCUT2D eigenvalue weighted by atomic mass is 19.4. The van der Waals surface area contributed by atoms with E-state index in [1.165, 1.54) is 11.1 Å². The molecule has 2 rings (SSSR count). The third-order valence-corrected chi connectivity index (χ3v) is 2.50. The Labute approximate surface area is 102 Å². The molecule has 0 amide bonds. The number of pyridine rings is 1. The summed E-state index contributed by atoms with van der Waals surface area (Å²) in [5, 5.41) is 8.80. The Hall–Kier alpha value is -1.81. The van der Waals surface area contributed by atoms with Crippen LogP contribution in [0.1, 0.15) is 5.56 Å². The highest BCUT2D eigenvalue weighted by Gasteiger charge is 2.38. The number of rotatable bonds is 3. The molecule has 0 spiro atoms. The zero-order chi connectivity index (χ0) is 13.2. The minimum atomic E-state index is -4.19. The van der Waals surface area contributed by atoms with E-state index in [1.807, 2.05) is 6.07 Å². The number of alkyl halides is 3. The normalized spacial score (nSPS) is 17.0. The highest BCUT2D eigenvalue weighted by molar-refractivity contribution is 5.37. The first-order valence-electron chi connectivity index (χ1n) is 5.29. The van der Waals surface area contributed by atoms with Gasteiger partial charge >= 0.3 is 6.18 Å². The van der Waals surface area contributed by atoms with Crippen molar-refractivity contribution in [2.24, 2.45) is 0 Å². The van der Waals surface area contributed by atoms with Crippen LogP contribution in [0.2, 0.25) is 0 Å². The molecule has 0 aromatic carbocycles. The van der Waals surface area contributed by atoms with Crippen molar-refractivity contribution >= 4 is 0 Å². The van der Waals surface area contributed by atoms with Crippen molar-refractivity contribution in [3.8, 4) is 11.9 Å². The maximum Gasteiger partial charge on any atom is 0.401 e. The first kappa shape index (κ1) is 12.6. The van der Waals surface area contributed by atoms with Gasteiger partial charge in [0.25, 0.3) is 0 Å². The lowest BCUT2D eigenvalue weighted by atomic mass is 10.1. The summed E-state index contributed by atoms with van der Waals surface area (Å²) in [6, 6.07) is 5.07. The Bertz CT molecular complexity index is 463. The summed E-state index contributed by atoms with van der Waals surface area (Å²) in [5.41, 5.74) is 0.284. The zero-order valence-electron chi connectivity index (χ0n) is 9.31. The monoisotopic (exact) mass is 257 g/mol. The molecule has 0 radical (unpaired) electrons. The van der Waals surface area contributed by atoms with Crippen LogP contribution in [0, 0.1) is 11.3 Å². The molecule has 1 aromatic heterocycles. The van der Waals surface area contributed by atoms with Gasteiger partial charge in [0.15, 0.2) is 0 Å². The number of likely N-dealkylation sites (tertiary alicyclic amines) is 1. The lowest BCUT2D eigenvalue weighted by molar-refractivity contribution is -0.162. The van der Waals surface area contributed by atoms with Crippen LogP contribution in [0.3, 0.4) is 0 Å². The first-order chi connectivity index (χ1) is 8.48. The van der Waals surface area contributed by atoms with Gasteiger partial charge in [0.2, 0.25) is 5.88 Å². The predicted octanol–water partition coefficient (Wildman–Crippen LogP) is 1.58. The lowest BCUT2D eigenvalue weighted by Crippen LogP contribution is -2.56. The maximum atomic E-state index is 12.1. The Morgan fingerprint density at radius 3 is 2.83 bits per heavy atom. The van der Waals surface area contributed by atoms with Crippen molar-refractivity contribution in [3.05, 3.63) is 23.9 Å².